The topological polar surface area (TPSA) is 46.3 Å². The van der Waals surface area contributed by atoms with Gasteiger partial charge in [-0.2, -0.15) is 0 Å². The van der Waals surface area contributed by atoms with Gasteiger partial charge in [0.25, 0.3) is 0 Å². The van der Waals surface area contributed by atoms with Gasteiger partial charge in [0.1, 0.15) is 0 Å². The van der Waals surface area contributed by atoms with E-state index in [4.69, 9.17) is 5.73 Å². The van der Waals surface area contributed by atoms with Crippen molar-refractivity contribution in [3.05, 3.63) is 0 Å². The summed E-state index contributed by atoms with van der Waals surface area (Å²) < 4.78 is 0. The van der Waals surface area contributed by atoms with Crippen LogP contribution in [-0.2, 0) is 4.79 Å². The van der Waals surface area contributed by atoms with Crippen LogP contribution in [0.5, 0.6) is 0 Å². The number of amides is 1. The number of carbonyl (C=O) groups excluding carboxylic acids is 1. The number of hydrogen-bond donors (Lipinski definition) is 1. The monoisotopic (exact) mass is 218 g/mol. The van der Waals surface area contributed by atoms with E-state index in [0.717, 1.165) is 32.4 Å². The summed E-state index contributed by atoms with van der Waals surface area (Å²) in [5.74, 6) is 0.691. The van der Waals surface area contributed by atoms with Gasteiger partial charge in [0.15, 0.2) is 0 Å². The van der Waals surface area contributed by atoms with E-state index in [1.54, 1.807) is 0 Å². The maximum absolute atomic E-state index is 11.9. The summed E-state index contributed by atoms with van der Waals surface area (Å²) in [4.78, 5) is 13.8. The molecular weight excluding hydrogens is 200 g/mol. The second kappa shape index (κ2) is 4.99. The fourth-order valence-electron chi connectivity index (χ4n) is 2.42. The molecule has 0 bridgehead atoms. The fourth-order valence-corrected chi connectivity index (χ4v) is 2.42. The molecule has 1 amide bonds. The van der Waals surface area contributed by atoms with Crippen molar-refractivity contribution < 1.29 is 4.79 Å². The molecule has 1 saturated carbocycles. The lowest BCUT2D eigenvalue weighted by atomic mass is 10.1. The van der Waals surface area contributed by atoms with E-state index in [2.05, 4.69) is 0 Å². The molecule has 2 aliphatic rings. The molecule has 2 fully saturated rings. The van der Waals surface area contributed by atoms with Crippen molar-refractivity contribution in [3.8, 4) is 0 Å². The number of halogens is 1. The first-order valence-electron chi connectivity index (χ1n) is 5.32. The number of carbonyl (C=O) groups is 1. The van der Waals surface area contributed by atoms with Gasteiger partial charge >= 0.3 is 0 Å². The van der Waals surface area contributed by atoms with E-state index in [-0.39, 0.29) is 18.4 Å². The lowest BCUT2D eigenvalue weighted by Crippen LogP contribution is -2.35. The van der Waals surface area contributed by atoms with Crippen LogP contribution in [-0.4, -0.2) is 29.9 Å². The van der Waals surface area contributed by atoms with Gasteiger partial charge in [-0.3, -0.25) is 4.79 Å². The average Bonchev–Trinajstić information content (AvgIpc) is 2.72. The highest BCUT2D eigenvalue weighted by Crippen LogP contribution is 2.27. The van der Waals surface area contributed by atoms with Crippen molar-refractivity contribution in [2.75, 3.05) is 13.1 Å². The van der Waals surface area contributed by atoms with Crippen LogP contribution in [0.15, 0.2) is 0 Å². The Morgan fingerprint density at radius 1 is 1.21 bits per heavy atom. The first-order valence-corrected chi connectivity index (χ1v) is 5.32. The van der Waals surface area contributed by atoms with Crippen molar-refractivity contribution in [1.82, 2.24) is 4.90 Å². The Labute approximate surface area is 91.4 Å². The largest absolute Gasteiger partial charge is 0.341 e. The van der Waals surface area contributed by atoms with Crippen LogP contribution < -0.4 is 5.73 Å². The molecule has 1 saturated heterocycles. The van der Waals surface area contributed by atoms with Crippen LogP contribution in [0.4, 0.5) is 0 Å². The molecule has 2 N–H and O–H groups in total. The minimum atomic E-state index is 0. The first kappa shape index (κ1) is 11.8. The zero-order valence-electron chi connectivity index (χ0n) is 8.45. The van der Waals surface area contributed by atoms with Gasteiger partial charge in [0, 0.05) is 25.0 Å². The predicted octanol–water partition coefficient (Wildman–Crippen LogP) is 1.16. The van der Waals surface area contributed by atoms with Crippen LogP contribution in [0.25, 0.3) is 0 Å². The lowest BCUT2D eigenvalue weighted by Gasteiger charge is -2.19. The third-order valence-electron chi connectivity index (χ3n) is 3.24. The second-order valence-corrected chi connectivity index (χ2v) is 4.31. The Hall–Kier alpha value is -0.280. The quantitative estimate of drug-likeness (QED) is 0.718. The Kier molecular flexibility index (Phi) is 4.20. The summed E-state index contributed by atoms with van der Waals surface area (Å²) >= 11 is 0. The zero-order chi connectivity index (χ0) is 9.26. The van der Waals surface area contributed by atoms with Gasteiger partial charge < -0.3 is 10.6 Å². The second-order valence-electron chi connectivity index (χ2n) is 4.31. The van der Waals surface area contributed by atoms with Crippen LogP contribution in [0.3, 0.4) is 0 Å². The van der Waals surface area contributed by atoms with Gasteiger partial charge in [0.2, 0.25) is 5.91 Å². The Morgan fingerprint density at radius 2 is 1.86 bits per heavy atom. The van der Waals surface area contributed by atoms with Crippen molar-refractivity contribution in [2.45, 2.75) is 38.1 Å². The van der Waals surface area contributed by atoms with E-state index in [9.17, 15) is 4.79 Å². The zero-order valence-corrected chi connectivity index (χ0v) is 9.26. The molecule has 14 heavy (non-hydrogen) atoms. The molecule has 82 valence electrons. The number of rotatable bonds is 1. The normalized spacial score (nSPS) is 27.8. The van der Waals surface area contributed by atoms with Crippen LogP contribution in [0.2, 0.25) is 0 Å². The van der Waals surface area contributed by atoms with Crippen molar-refractivity contribution in [3.63, 3.8) is 0 Å². The third-order valence-corrected chi connectivity index (χ3v) is 3.24. The van der Waals surface area contributed by atoms with Gasteiger partial charge in [-0.25, -0.2) is 0 Å². The van der Waals surface area contributed by atoms with Crippen molar-refractivity contribution in [1.29, 1.82) is 0 Å². The maximum atomic E-state index is 11.9. The summed E-state index contributed by atoms with van der Waals surface area (Å²) in [6.45, 7) is 1.67. The minimum absolute atomic E-state index is 0. The fraction of sp³-hybridized carbons (Fsp3) is 0.900. The average molecular weight is 219 g/mol. The molecule has 1 aliphatic carbocycles. The molecule has 0 aromatic rings. The van der Waals surface area contributed by atoms with Gasteiger partial charge in [-0.15, -0.1) is 12.4 Å². The first-order chi connectivity index (χ1) is 6.27. The van der Waals surface area contributed by atoms with E-state index in [1.807, 2.05) is 4.90 Å². The third kappa shape index (κ3) is 2.39. The highest BCUT2D eigenvalue weighted by molar-refractivity contribution is 5.85. The minimum Gasteiger partial charge on any atom is -0.341 e. The molecule has 0 spiro atoms. The van der Waals surface area contributed by atoms with Crippen LogP contribution in [0, 0.1) is 5.92 Å². The lowest BCUT2D eigenvalue weighted by molar-refractivity contribution is -0.134. The molecule has 0 unspecified atom stereocenters. The highest BCUT2D eigenvalue weighted by Gasteiger charge is 2.30. The van der Waals surface area contributed by atoms with E-state index >= 15 is 0 Å². The summed E-state index contributed by atoms with van der Waals surface area (Å²) in [6.07, 6.45) is 5.65. The van der Waals surface area contributed by atoms with Gasteiger partial charge in [-0.1, -0.05) is 12.8 Å². The molecule has 4 heteroatoms. The summed E-state index contributed by atoms with van der Waals surface area (Å²) in [5, 5.41) is 0. The number of hydrogen-bond acceptors (Lipinski definition) is 2. The molecule has 1 atom stereocenters. The molecule has 0 radical (unpaired) electrons. The molecule has 1 heterocycles. The molecule has 0 aromatic heterocycles. The Bertz CT molecular complexity index is 204. The molecule has 1 aliphatic heterocycles. The van der Waals surface area contributed by atoms with E-state index in [1.165, 1.54) is 12.8 Å². The van der Waals surface area contributed by atoms with E-state index < -0.39 is 0 Å². The summed E-state index contributed by atoms with van der Waals surface area (Å²) in [7, 11) is 0. The Balaban J connectivity index is 0.000000980. The number of nitrogens with zero attached hydrogens (tertiary/aromatic N) is 1. The predicted molar refractivity (Wildman–Crippen MR) is 58.4 cm³/mol. The number of nitrogens with two attached hydrogens (primary N) is 1. The van der Waals surface area contributed by atoms with Gasteiger partial charge in [0.05, 0.1) is 0 Å². The highest BCUT2D eigenvalue weighted by atomic mass is 35.5. The number of likely N-dealkylation sites (tertiary alicyclic amines) is 1. The maximum Gasteiger partial charge on any atom is 0.225 e. The molecule has 0 aromatic carbocycles. The smallest absolute Gasteiger partial charge is 0.225 e. The molecule has 2 rings (SSSR count). The van der Waals surface area contributed by atoms with Crippen LogP contribution >= 0.6 is 12.4 Å². The Morgan fingerprint density at radius 3 is 2.36 bits per heavy atom. The SMILES string of the molecule is Cl.N[C@H]1CCN(C(=O)C2CCCC2)C1. The van der Waals surface area contributed by atoms with Crippen molar-refractivity contribution in [2.24, 2.45) is 11.7 Å². The summed E-state index contributed by atoms with van der Waals surface area (Å²) in [6, 6.07) is 0.227. The van der Waals surface area contributed by atoms with Crippen LogP contribution in [0.1, 0.15) is 32.1 Å². The standard InChI is InChI=1S/C10H18N2O.ClH/c11-9-5-6-12(7-9)10(13)8-3-1-2-4-8;/h8-9H,1-7,11H2;1H/t9-;/m0./s1. The van der Waals surface area contributed by atoms with Gasteiger partial charge in [-0.05, 0) is 19.3 Å². The van der Waals surface area contributed by atoms with E-state index in [0.29, 0.717) is 11.8 Å². The summed E-state index contributed by atoms with van der Waals surface area (Å²) in [5.41, 5.74) is 5.77. The molecular formula is C10H19ClN2O. The molecule has 3 nitrogen and oxygen atoms in total. The van der Waals surface area contributed by atoms with Crippen molar-refractivity contribution >= 4 is 18.3 Å².